The third kappa shape index (κ3) is 4.24. The minimum atomic E-state index is -1.07. The SMILES string of the molecule is CN(CC(=O)O)C(=O)Nc1ccc(Br)c(Cl)c1. The van der Waals surface area contributed by atoms with Crippen LogP contribution < -0.4 is 5.32 Å². The van der Waals surface area contributed by atoms with Crippen molar-refractivity contribution in [1.82, 2.24) is 4.90 Å². The van der Waals surface area contributed by atoms with Gasteiger partial charge in [0.15, 0.2) is 0 Å². The highest BCUT2D eigenvalue weighted by Crippen LogP contribution is 2.25. The van der Waals surface area contributed by atoms with Gasteiger partial charge in [0.25, 0.3) is 0 Å². The van der Waals surface area contributed by atoms with Gasteiger partial charge in [-0.2, -0.15) is 0 Å². The fourth-order valence-corrected chi connectivity index (χ4v) is 1.49. The number of anilines is 1. The Morgan fingerprint density at radius 2 is 2.18 bits per heavy atom. The van der Waals surface area contributed by atoms with E-state index in [1.165, 1.54) is 7.05 Å². The largest absolute Gasteiger partial charge is 0.480 e. The third-order valence-corrected chi connectivity index (χ3v) is 3.12. The molecule has 1 aromatic rings. The van der Waals surface area contributed by atoms with Gasteiger partial charge in [0.1, 0.15) is 6.54 Å². The number of likely N-dealkylation sites (N-methyl/N-ethyl adjacent to an activating group) is 1. The van der Waals surface area contributed by atoms with E-state index < -0.39 is 12.0 Å². The molecular weight excluding hydrogens is 311 g/mol. The summed E-state index contributed by atoms with van der Waals surface area (Å²) in [5.74, 6) is -1.07. The first-order valence-electron chi connectivity index (χ1n) is 4.59. The summed E-state index contributed by atoms with van der Waals surface area (Å²) in [5.41, 5.74) is 0.500. The summed E-state index contributed by atoms with van der Waals surface area (Å²) >= 11 is 9.08. The van der Waals surface area contributed by atoms with E-state index >= 15 is 0 Å². The molecule has 0 radical (unpaired) electrons. The first-order chi connectivity index (χ1) is 7.90. The molecule has 0 heterocycles. The van der Waals surface area contributed by atoms with Crippen LogP contribution in [0.3, 0.4) is 0 Å². The van der Waals surface area contributed by atoms with Gasteiger partial charge in [-0.1, -0.05) is 11.6 Å². The van der Waals surface area contributed by atoms with Gasteiger partial charge in [0.2, 0.25) is 0 Å². The molecule has 0 spiro atoms. The number of carboxylic acid groups (broad SMARTS) is 1. The summed E-state index contributed by atoms with van der Waals surface area (Å²) in [5, 5.41) is 11.5. The number of urea groups is 1. The number of carbonyl (C=O) groups excluding carboxylic acids is 1. The zero-order valence-corrected chi connectivity index (χ0v) is 11.2. The highest BCUT2D eigenvalue weighted by molar-refractivity contribution is 9.10. The van der Waals surface area contributed by atoms with E-state index in [-0.39, 0.29) is 6.54 Å². The molecule has 17 heavy (non-hydrogen) atoms. The second-order valence-corrected chi connectivity index (χ2v) is 4.57. The van der Waals surface area contributed by atoms with Crippen LogP contribution in [0.4, 0.5) is 10.5 Å². The van der Waals surface area contributed by atoms with Crippen molar-refractivity contribution in [1.29, 1.82) is 0 Å². The van der Waals surface area contributed by atoms with E-state index in [0.717, 1.165) is 9.37 Å². The topological polar surface area (TPSA) is 69.6 Å². The van der Waals surface area contributed by atoms with Gasteiger partial charge < -0.3 is 15.3 Å². The normalized spacial score (nSPS) is 9.82. The molecule has 1 aromatic carbocycles. The number of halogens is 2. The van der Waals surface area contributed by atoms with Crippen molar-refractivity contribution in [3.63, 3.8) is 0 Å². The fraction of sp³-hybridized carbons (Fsp3) is 0.200. The quantitative estimate of drug-likeness (QED) is 0.899. The number of carboxylic acids is 1. The lowest BCUT2D eigenvalue weighted by atomic mass is 10.3. The van der Waals surface area contributed by atoms with E-state index in [4.69, 9.17) is 16.7 Å². The zero-order chi connectivity index (χ0) is 13.0. The number of carbonyl (C=O) groups is 2. The Kier molecular flexibility index (Phi) is 4.77. The number of hydrogen-bond acceptors (Lipinski definition) is 2. The monoisotopic (exact) mass is 320 g/mol. The third-order valence-electron chi connectivity index (χ3n) is 1.89. The molecule has 0 aliphatic rings. The van der Waals surface area contributed by atoms with E-state index in [2.05, 4.69) is 21.2 Å². The highest BCUT2D eigenvalue weighted by atomic mass is 79.9. The van der Waals surface area contributed by atoms with Crippen LogP contribution in [0.5, 0.6) is 0 Å². The molecule has 0 aromatic heterocycles. The first kappa shape index (κ1) is 13.8. The van der Waals surface area contributed by atoms with Crippen molar-refractivity contribution < 1.29 is 14.7 Å². The van der Waals surface area contributed by atoms with Gasteiger partial charge in [-0.25, -0.2) is 4.79 Å². The number of nitrogens with zero attached hydrogens (tertiary/aromatic N) is 1. The molecule has 0 saturated heterocycles. The van der Waals surface area contributed by atoms with Crippen LogP contribution in [0.25, 0.3) is 0 Å². The maximum Gasteiger partial charge on any atom is 0.323 e. The molecule has 2 N–H and O–H groups in total. The Balaban J connectivity index is 2.67. The number of benzene rings is 1. The van der Waals surface area contributed by atoms with Gasteiger partial charge in [-0.15, -0.1) is 0 Å². The van der Waals surface area contributed by atoms with Gasteiger partial charge in [0, 0.05) is 17.2 Å². The molecule has 2 amide bonds. The summed E-state index contributed by atoms with van der Waals surface area (Å²) in [7, 11) is 1.39. The molecule has 0 fully saturated rings. The lowest BCUT2D eigenvalue weighted by Gasteiger charge is -2.15. The highest BCUT2D eigenvalue weighted by Gasteiger charge is 2.12. The number of aliphatic carboxylic acids is 1. The number of amides is 2. The number of rotatable bonds is 3. The van der Waals surface area contributed by atoms with Crippen LogP contribution in [-0.2, 0) is 4.79 Å². The second-order valence-electron chi connectivity index (χ2n) is 3.31. The van der Waals surface area contributed by atoms with E-state index in [1.807, 2.05) is 0 Å². The predicted octanol–water partition coefficient (Wildman–Crippen LogP) is 2.65. The lowest BCUT2D eigenvalue weighted by Crippen LogP contribution is -2.35. The first-order valence-corrected chi connectivity index (χ1v) is 5.76. The van der Waals surface area contributed by atoms with Crippen LogP contribution in [0, 0.1) is 0 Å². The number of nitrogens with one attached hydrogen (secondary N) is 1. The van der Waals surface area contributed by atoms with Crippen LogP contribution in [0.1, 0.15) is 0 Å². The van der Waals surface area contributed by atoms with Crippen LogP contribution >= 0.6 is 27.5 Å². The van der Waals surface area contributed by atoms with E-state index in [1.54, 1.807) is 18.2 Å². The van der Waals surface area contributed by atoms with Crippen molar-refractivity contribution in [3.05, 3.63) is 27.7 Å². The minimum absolute atomic E-state index is 0.365. The summed E-state index contributed by atoms with van der Waals surface area (Å²) in [6.07, 6.45) is 0. The van der Waals surface area contributed by atoms with Crippen molar-refractivity contribution in [3.8, 4) is 0 Å². The minimum Gasteiger partial charge on any atom is -0.480 e. The molecule has 0 aliphatic carbocycles. The van der Waals surface area contributed by atoms with Gasteiger partial charge in [-0.3, -0.25) is 4.79 Å². The van der Waals surface area contributed by atoms with E-state index in [0.29, 0.717) is 10.7 Å². The van der Waals surface area contributed by atoms with Crippen LogP contribution in [0.15, 0.2) is 22.7 Å². The summed E-state index contributed by atoms with van der Waals surface area (Å²) < 4.78 is 0.719. The van der Waals surface area contributed by atoms with Crippen molar-refractivity contribution in [2.24, 2.45) is 0 Å². The molecule has 0 aliphatic heterocycles. The average molecular weight is 322 g/mol. The van der Waals surface area contributed by atoms with Crippen molar-refractivity contribution >= 4 is 45.2 Å². The van der Waals surface area contributed by atoms with E-state index in [9.17, 15) is 9.59 Å². The standard InChI is InChI=1S/C10H10BrClN2O3/c1-14(5-9(15)16)10(17)13-6-2-3-7(11)8(12)4-6/h2-4H,5H2,1H3,(H,13,17)(H,15,16). The Hall–Kier alpha value is -1.27. The fourth-order valence-electron chi connectivity index (χ4n) is 1.07. The molecule has 7 heteroatoms. The maximum absolute atomic E-state index is 11.5. The summed E-state index contributed by atoms with van der Waals surface area (Å²) in [4.78, 5) is 23.0. The maximum atomic E-state index is 11.5. The predicted molar refractivity (Wildman–Crippen MR) is 68.4 cm³/mol. The Morgan fingerprint density at radius 1 is 1.53 bits per heavy atom. The van der Waals surface area contributed by atoms with Crippen LogP contribution in [0.2, 0.25) is 5.02 Å². The zero-order valence-electron chi connectivity index (χ0n) is 8.91. The molecular formula is C10H10BrClN2O3. The van der Waals surface area contributed by atoms with Crippen molar-refractivity contribution in [2.45, 2.75) is 0 Å². The molecule has 0 atom stereocenters. The lowest BCUT2D eigenvalue weighted by molar-refractivity contribution is -0.137. The molecule has 5 nitrogen and oxygen atoms in total. The molecule has 0 saturated carbocycles. The van der Waals surface area contributed by atoms with Crippen LogP contribution in [-0.4, -0.2) is 35.6 Å². The Labute approximate surface area is 111 Å². The van der Waals surface area contributed by atoms with Gasteiger partial charge >= 0.3 is 12.0 Å². The Morgan fingerprint density at radius 3 is 2.71 bits per heavy atom. The molecule has 0 unspecified atom stereocenters. The summed E-state index contributed by atoms with van der Waals surface area (Å²) in [6, 6.07) is 4.40. The number of hydrogen-bond donors (Lipinski definition) is 2. The molecule has 92 valence electrons. The second kappa shape index (κ2) is 5.88. The summed E-state index contributed by atoms with van der Waals surface area (Å²) in [6.45, 7) is -0.365. The smallest absolute Gasteiger partial charge is 0.323 e. The molecule has 0 bridgehead atoms. The average Bonchev–Trinajstić information content (AvgIpc) is 2.22. The van der Waals surface area contributed by atoms with Gasteiger partial charge in [-0.05, 0) is 34.1 Å². The van der Waals surface area contributed by atoms with Crippen molar-refractivity contribution in [2.75, 3.05) is 18.9 Å². The molecule has 1 rings (SSSR count). The van der Waals surface area contributed by atoms with Gasteiger partial charge in [0.05, 0.1) is 5.02 Å². The Bertz CT molecular complexity index is 453.